The molecule has 1 aromatic rings. The summed E-state index contributed by atoms with van der Waals surface area (Å²) in [5.41, 5.74) is 1.16. The molecule has 1 aromatic heterocycles. The minimum Gasteiger partial charge on any atom is -0.299 e. The number of hydrogen-bond acceptors (Lipinski definition) is 4. The van der Waals surface area contributed by atoms with Crippen molar-refractivity contribution in [2.75, 3.05) is 13.1 Å². The molecule has 0 saturated heterocycles. The lowest BCUT2D eigenvalue weighted by atomic mass is 10.0. The number of rotatable bonds is 7. The van der Waals surface area contributed by atoms with Crippen molar-refractivity contribution in [2.45, 2.75) is 38.6 Å². The molecule has 1 aliphatic rings. The second-order valence-electron chi connectivity index (χ2n) is 5.39. The zero-order chi connectivity index (χ0) is 14.2. The third kappa shape index (κ3) is 4.43. The maximum Gasteiger partial charge on any atom is 0.136 e. The van der Waals surface area contributed by atoms with Gasteiger partial charge in [0.15, 0.2) is 0 Å². The van der Waals surface area contributed by atoms with E-state index >= 15 is 0 Å². The number of ketones is 1. The van der Waals surface area contributed by atoms with Gasteiger partial charge in [-0.3, -0.25) is 14.7 Å². The third-order valence-electron chi connectivity index (χ3n) is 3.89. The molecule has 4 nitrogen and oxygen atoms in total. The molecule has 1 heterocycles. The van der Waals surface area contributed by atoms with Crippen LogP contribution in [0.4, 0.5) is 0 Å². The van der Waals surface area contributed by atoms with E-state index < -0.39 is 0 Å². The maximum atomic E-state index is 11.7. The van der Waals surface area contributed by atoms with Gasteiger partial charge in [-0.25, -0.2) is 0 Å². The lowest BCUT2D eigenvalue weighted by Gasteiger charge is -2.22. The predicted octanol–water partition coefficient (Wildman–Crippen LogP) is 2.56. The molecule has 0 bridgehead atoms. The predicted molar refractivity (Wildman–Crippen MR) is 76.7 cm³/mol. The third-order valence-corrected chi connectivity index (χ3v) is 3.89. The molecule has 0 spiro atoms. The van der Waals surface area contributed by atoms with E-state index in [1.54, 1.807) is 6.20 Å². The number of pyridine rings is 1. The fourth-order valence-electron chi connectivity index (χ4n) is 2.76. The Morgan fingerprint density at radius 2 is 2.35 bits per heavy atom. The highest BCUT2D eigenvalue weighted by molar-refractivity contribution is 5.82. The van der Waals surface area contributed by atoms with Gasteiger partial charge in [-0.1, -0.05) is 6.07 Å². The standard InChI is InChI=1S/C16H21N3O/c17-8-3-10-19(13-14-4-2-9-18-12-14)11-7-15-5-1-6-16(15)20/h2,4,9,12,15H,1,3,5-7,10-11,13H2. The summed E-state index contributed by atoms with van der Waals surface area (Å²) in [5, 5.41) is 8.76. The van der Waals surface area contributed by atoms with Crippen LogP contribution in [0.5, 0.6) is 0 Å². The van der Waals surface area contributed by atoms with Gasteiger partial charge in [0.1, 0.15) is 5.78 Å². The summed E-state index contributed by atoms with van der Waals surface area (Å²) in [6.45, 7) is 2.44. The van der Waals surface area contributed by atoms with Crippen molar-refractivity contribution in [3.63, 3.8) is 0 Å². The fourth-order valence-corrected chi connectivity index (χ4v) is 2.76. The van der Waals surface area contributed by atoms with Crippen LogP contribution < -0.4 is 0 Å². The Labute approximate surface area is 120 Å². The molecule has 0 amide bonds. The summed E-state index contributed by atoms with van der Waals surface area (Å²) < 4.78 is 0. The molecule has 0 aliphatic heterocycles. The van der Waals surface area contributed by atoms with Gasteiger partial charge in [-0.15, -0.1) is 0 Å². The average Bonchev–Trinajstić information content (AvgIpc) is 2.88. The van der Waals surface area contributed by atoms with E-state index in [1.165, 1.54) is 0 Å². The Hall–Kier alpha value is -1.73. The van der Waals surface area contributed by atoms with Crippen LogP contribution in [0, 0.1) is 17.2 Å². The number of nitrogens with zero attached hydrogens (tertiary/aromatic N) is 3. The molecule has 0 radical (unpaired) electrons. The van der Waals surface area contributed by atoms with E-state index in [9.17, 15) is 4.79 Å². The summed E-state index contributed by atoms with van der Waals surface area (Å²) in [5.74, 6) is 0.667. The van der Waals surface area contributed by atoms with Gasteiger partial charge >= 0.3 is 0 Å². The van der Waals surface area contributed by atoms with E-state index in [0.29, 0.717) is 12.2 Å². The number of carbonyl (C=O) groups is 1. The van der Waals surface area contributed by atoms with E-state index in [4.69, 9.17) is 5.26 Å². The van der Waals surface area contributed by atoms with Crippen molar-refractivity contribution >= 4 is 5.78 Å². The van der Waals surface area contributed by atoms with E-state index in [0.717, 1.165) is 50.9 Å². The first-order valence-electron chi connectivity index (χ1n) is 7.30. The van der Waals surface area contributed by atoms with Crippen LogP contribution in [0.3, 0.4) is 0 Å². The van der Waals surface area contributed by atoms with E-state index in [2.05, 4.69) is 16.0 Å². The van der Waals surface area contributed by atoms with Crippen molar-refractivity contribution in [1.29, 1.82) is 5.26 Å². The van der Waals surface area contributed by atoms with Gasteiger partial charge in [-0.2, -0.15) is 5.26 Å². The molecule has 0 N–H and O–H groups in total. The molecule has 1 unspecified atom stereocenters. The zero-order valence-corrected chi connectivity index (χ0v) is 11.8. The van der Waals surface area contributed by atoms with Crippen LogP contribution in [0.25, 0.3) is 0 Å². The topological polar surface area (TPSA) is 57.0 Å². The van der Waals surface area contributed by atoms with Gasteiger partial charge in [-0.05, 0) is 37.4 Å². The quantitative estimate of drug-likeness (QED) is 0.764. The van der Waals surface area contributed by atoms with Crippen molar-refractivity contribution in [3.05, 3.63) is 30.1 Å². The average molecular weight is 271 g/mol. The van der Waals surface area contributed by atoms with Crippen molar-refractivity contribution in [3.8, 4) is 6.07 Å². The Morgan fingerprint density at radius 3 is 3.00 bits per heavy atom. The number of hydrogen-bond donors (Lipinski definition) is 0. The summed E-state index contributed by atoms with van der Waals surface area (Å²) in [4.78, 5) is 18.1. The normalized spacial score (nSPS) is 18.4. The SMILES string of the molecule is N#CCCN(CCC1CCCC1=O)Cc1cccnc1. The van der Waals surface area contributed by atoms with Crippen molar-refractivity contribution in [1.82, 2.24) is 9.88 Å². The lowest BCUT2D eigenvalue weighted by molar-refractivity contribution is -0.120. The first kappa shape index (κ1) is 14.7. The smallest absolute Gasteiger partial charge is 0.136 e. The summed E-state index contributed by atoms with van der Waals surface area (Å²) in [6.07, 6.45) is 7.91. The second kappa shape index (κ2) is 7.76. The molecule has 4 heteroatoms. The summed E-state index contributed by atoms with van der Waals surface area (Å²) >= 11 is 0. The van der Waals surface area contributed by atoms with Crippen LogP contribution in [-0.4, -0.2) is 28.8 Å². The molecule has 20 heavy (non-hydrogen) atoms. The monoisotopic (exact) mass is 271 g/mol. The maximum absolute atomic E-state index is 11.7. The first-order valence-corrected chi connectivity index (χ1v) is 7.30. The Bertz CT molecular complexity index is 466. The number of nitriles is 1. The Kier molecular flexibility index (Phi) is 5.69. The van der Waals surface area contributed by atoms with Gasteiger partial charge < -0.3 is 0 Å². The molecule has 1 fully saturated rings. The van der Waals surface area contributed by atoms with Crippen LogP contribution in [0.1, 0.15) is 37.7 Å². The number of carbonyl (C=O) groups excluding carboxylic acids is 1. The van der Waals surface area contributed by atoms with Crippen LogP contribution in [-0.2, 0) is 11.3 Å². The van der Waals surface area contributed by atoms with Gasteiger partial charge in [0, 0.05) is 44.2 Å². The van der Waals surface area contributed by atoms with Crippen LogP contribution in [0.15, 0.2) is 24.5 Å². The molecule has 1 saturated carbocycles. The molecule has 1 atom stereocenters. The van der Waals surface area contributed by atoms with Crippen LogP contribution >= 0.6 is 0 Å². The molecule has 2 rings (SSSR count). The van der Waals surface area contributed by atoms with Crippen molar-refractivity contribution < 1.29 is 4.79 Å². The van der Waals surface area contributed by atoms with Gasteiger partial charge in [0.05, 0.1) is 6.07 Å². The molecule has 106 valence electrons. The summed E-state index contributed by atoms with van der Waals surface area (Å²) in [7, 11) is 0. The largest absolute Gasteiger partial charge is 0.299 e. The molecule has 0 aromatic carbocycles. The summed E-state index contributed by atoms with van der Waals surface area (Å²) in [6, 6.07) is 6.17. The molecular weight excluding hydrogens is 250 g/mol. The van der Waals surface area contributed by atoms with Gasteiger partial charge in [0.2, 0.25) is 0 Å². The second-order valence-corrected chi connectivity index (χ2v) is 5.39. The first-order chi connectivity index (χ1) is 9.79. The molecular formula is C16H21N3O. The minimum absolute atomic E-state index is 0.244. The fraction of sp³-hybridized carbons (Fsp3) is 0.562. The minimum atomic E-state index is 0.244. The Balaban J connectivity index is 1.86. The van der Waals surface area contributed by atoms with E-state index in [-0.39, 0.29) is 5.92 Å². The zero-order valence-electron chi connectivity index (χ0n) is 11.8. The highest BCUT2D eigenvalue weighted by atomic mass is 16.1. The Morgan fingerprint density at radius 1 is 1.45 bits per heavy atom. The lowest BCUT2D eigenvalue weighted by Crippen LogP contribution is -2.27. The molecule has 1 aliphatic carbocycles. The van der Waals surface area contributed by atoms with Crippen LogP contribution in [0.2, 0.25) is 0 Å². The number of aromatic nitrogens is 1. The van der Waals surface area contributed by atoms with E-state index in [1.807, 2.05) is 18.3 Å². The van der Waals surface area contributed by atoms with Crippen molar-refractivity contribution in [2.24, 2.45) is 5.92 Å². The van der Waals surface area contributed by atoms with Gasteiger partial charge in [0.25, 0.3) is 0 Å². The number of Topliss-reactive ketones (excluding diaryl/α,β-unsaturated/α-hetero) is 1. The highest BCUT2D eigenvalue weighted by Gasteiger charge is 2.24. The highest BCUT2D eigenvalue weighted by Crippen LogP contribution is 2.24.